The van der Waals surface area contributed by atoms with E-state index in [1.54, 1.807) is 0 Å². The third-order valence-electron chi connectivity index (χ3n) is 6.15. The van der Waals surface area contributed by atoms with Crippen LogP contribution in [0.1, 0.15) is 37.0 Å². The Morgan fingerprint density at radius 2 is 1.61 bits per heavy atom. The normalized spacial score (nSPS) is 30.7. The van der Waals surface area contributed by atoms with Crippen LogP contribution in [0.3, 0.4) is 0 Å². The smallest absolute Gasteiger partial charge is 0.109 e. The summed E-state index contributed by atoms with van der Waals surface area (Å²) in [5, 5.41) is 0. The van der Waals surface area contributed by atoms with Gasteiger partial charge in [-0.3, -0.25) is 0 Å². The molecule has 116 valence electrons. The number of hydrogen-bond acceptors (Lipinski definition) is 1. The molecule has 1 saturated carbocycles. The highest BCUT2D eigenvalue weighted by atomic mass is 16.5. The summed E-state index contributed by atoms with van der Waals surface area (Å²) in [5.41, 5.74) is 5.65. The molecule has 0 aromatic heterocycles. The molecule has 0 radical (unpaired) electrons. The molecule has 3 unspecified atom stereocenters. The molecule has 0 spiro atoms. The van der Waals surface area contributed by atoms with Crippen LogP contribution >= 0.6 is 0 Å². The molecular weight excluding hydrogens is 280 g/mol. The van der Waals surface area contributed by atoms with Gasteiger partial charge in [-0.05, 0) is 52.3 Å². The number of rotatable bonds is 3. The van der Waals surface area contributed by atoms with Gasteiger partial charge in [-0.25, -0.2) is 0 Å². The summed E-state index contributed by atoms with van der Waals surface area (Å²) in [6, 6.07) is 17.4. The maximum Gasteiger partial charge on any atom is 0.109 e. The fourth-order valence-corrected chi connectivity index (χ4v) is 4.92. The summed E-state index contributed by atoms with van der Waals surface area (Å²) in [5.74, 6) is 1.50. The van der Waals surface area contributed by atoms with Gasteiger partial charge in [-0.1, -0.05) is 67.6 Å². The first-order valence-electron chi connectivity index (χ1n) is 8.73. The highest BCUT2D eigenvalue weighted by molar-refractivity contribution is 5.78. The van der Waals surface area contributed by atoms with Crippen molar-refractivity contribution in [2.75, 3.05) is 6.61 Å². The standard InChI is InChI=1S/C22H22O/c1-22(13-15-10-11-16(22)12-15)14-23-21-19-8-4-2-6-17(19)18-7-3-5-9-20(18)21/h2-11,15-16,21H,12-14H2,1H3. The zero-order chi connectivity index (χ0) is 15.4. The van der Waals surface area contributed by atoms with E-state index in [2.05, 4.69) is 67.6 Å². The van der Waals surface area contributed by atoms with Crippen LogP contribution in [-0.2, 0) is 4.74 Å². The van der Waals surface area contributed by atoms with Crippen molar-refractivity contribution in [1.82, 2.24) is 0 Å². The summed E-state index contributed by atoms with van der Waals surface area (Å²) in [6.07, 6.45) is 7.55. The Morgan fingerprint density at radius 3 is 2.17 bits per heavy atom. The zero-order valence-corrected chi connectivity index (χ0v) is 13.5. The summed E-state index contributed by atoms with van der Waals surface area (Å²) in [4.78, 5) is 0. The van der Waals surface area contributed by atoms with E-state index in [0.29, 0.717) is 11.3 Å². The lowest BCUT2D eigenvalue weighted by molar-refractivity contribution is 0.00511. The molecule has 1 fully saturated rings. The van der Waals surface area contributed by atoms with E-state index in [4.69, 9.17) is 4.74 Å². The van der Waals surface area contributed by atoms with Gasteiger partial charge in [0.2, 0.25) is 0 Å². The summed E-state index contributed by atoms with van der Waals surface area (Å²) >= 11 is 0. The molecule has 23 heavy (non-hydrogen) atoms. The molecule has 1 nitrogen and oxygen atoms in total. The fourth-order valence-electron chi connectivity index (χ4n) is 4.92. The first-order valence-corrected chi connectivity index (χ1v) is 8.73. The minimum atomic E-state index is 0.0994. The predicted molar refractivity (Wildman–Crippen MR) is 93.1 cm³/mol. The number of hydrogen-bond donors (Lipinski definition) is 0. The molecule has 3 atom stereocenters. The molecule has 0 saturated heterocycles. The topological polar surface area (TPSA) is 9.23 Å². The second-order valence-corrected chi connectivity index (χ2v) is 7.71. The SMILES string of the molecule is CC1(COC2c3ccccc3-c3ccccc32)CC2C=CC1C2. The third-order valence-corrected chi connectivity index (χ3v) is 6.15. The van der Waals surface area contributed by atoms with Crippen LogP contribution in [0, 0.1) is 17.3 Å². The molecule has 2 aromatic rings. The fraction of sp³-hybridized carbons (Fsp3) is 0.364. The van der Waals surface area contributed by atoms with E-state index in [1.165, 1.54) is 35.1 Å². The van der Waals surface area contributed by atoms with Gasteiger partial charge < -0.3 is 4.74 Å². The van der Waals surface area contributed by atoms with Gasteiger partial charge in [0.1, 0.15) is 6.10 Å². The van der Waals surface area contributed by atoms with Gasteiger partial charge in [0, 0.05) is 0 Å². The lowest BCUT2D eigenvalue weighted by Crippen LogP contribution is -2.28. The highest BCUT2D eigenvalue weighted by Crippen LogP contribution is 2.53. The Balaban J connectivity index is 1.46. The number of benzene rings is 2. The van der Waals surface area contributed by atoms with Crippen molar-refractivity contribution in [3.8, 4) is 11.1 Å². The second kappa shape index (κ2) is 4.82. The second-order valence-electron chi connectivity index (χ2n) is 7.71. The molecule has 1 heteroatoms. The summed E-state index contributed by atoms with van der Waals surface area (Å²) < 4.78 is 6.56. The number of fused-ring (bicyclic) bond motifs is 5. The maximum absolute atomic E-state index is 6.56. The molecule has 3 aliphatic carbocycles. The zero-order valence-electron chi connectivity index (χ0n) is 13.5. The summed E-state index contributed by atoms with van der Waals surface area (Å²) in [6.45, 7) is 3.26. The van der Waals surface area contributed by atoms with Crippen LogP contribution in [0.25, 0.3) is 11.1 Å². The molecule has 2 bridgehead atoms. The van der Waals surface area contributed by atoms with Crippen molar-refractivity contribution >= 4 is 0 Å². The Bertz CT molecular complexity index is 745. The van der Waals surface area contributed by atoms with Crippen LogP contribution in [0.15, 0.2) is 60.7 Å². The van der Waals surface area contributed by atoms with Crippen molar-refractivity contribution in [1.29, 1.82) is 0 Å². The predicted octanol–water partition coefficient (Wildman–Crippen LogP) is 5.38. The van der Waals surface area contributed by atoms with E-state index in [0.717, 1.165) is 12.5 Å². The molecule has 0 N–H and O–H groups in total. The van der Waals surface area contributed by atoms with Crippen LogP contribution in [-0.4, -0.2) is 6.61 Å². The molecule has 0 aliphatic heterocycles. The van der Waals surface area contributed by atoms with Crippen LogP contribution in [0.4, 0.5) is 0 Å². The Labute approximate surface area is 138 Å². The number of allylic oxidation sites excluding steroid dienone is 2. The first-order chi connectivity index (χ1) is 11.2. The average Bonchev–Trinajstić information content (AvgIpc) is 3.24. The molecule has 2 aromatic carbocycles. The van der Waals surface area contributed by atoms with Gasteiger partial charge in [0.05, 0.1) is 6.61 Å². The van der Waals surface area contributed by atoms with Gasteiger partial charge in [-0.2, -0.15) is 0 Å². The van der Waals surface area contributed by atoms with E-state index < -0.39 is 0 Å². The van der Waals surface area contributed by atoms with Crippen molar-refractivity contribution in [3.63, 3.8) is 0 Å². The number of ether oxygens (including phenoxy) is 1. The lowest BCUT2D eigenvalue weighted by atomic mass is 9.78. The maximum atomic E-state index is 6.56. The molecule has 0 heterocycles. The van der Waals surface area contributed by atoms with Crippen LogP contribution in [0.2, 0.25) is 0 Å². The van der Waals surface area contributed by atoms with Crippen molar-refractivity contribution in [2.45, 2.75) is 25.9 Å². The van der Waals surface area contributed by atoms with Crippen LogP contribution < -0.4 is 0 Å². The Kier molecular flexibility index (Phi) is 2.84. The Morgan fingerprint density at radius 1 is 0.957 bits per heavy atom. The van der Waals surface area contributed by atoms with Crippen LogP contribution in [0.5, 0.6) is 0 Å². The average molecular weight is 302 g/mol. The molecule has 3 aliphatic rings. The van der Waals surface area contributed by atoms with Gasteiger partial charge in [0.15, 0.2) is 0 Å². The van der Waals surface area contributed by atoms with Crippen molar-refractivity contribution < 1.29 is 4.74 Å². The van der Waals surface area contributed by atoms with Gasteiger partial charge >= 0.3 is 0 Å². The van der Waals surface area contributed by atoms with E-state index in [-0.39, 0.29) is 6.10 Å². The van der Waals surface area contributed by atoms with E-state index >= 15 is 0 Å². The van der Waals surface area contributed by atoms with E-state index in [9.17, 15) is 0 Å². The van der Waals surface area contributed by atoms with Crippen molar-refractivity contribution in [2.24, 2.45) is 17.3 Å². The lowest BCUT2D eigenvalue weighted by Gasteiger charge is -2.32. The quantitative estimate of drug-likeness (QED) is 0.692. The van der Waals surface area contributed by atoms with Gasteiger partial charge in [0.25, 0.3) is 0 Å². The molecule has 0 amide bonds. The summed E-state index contributed by atoms with van der Waals surface area (Å²) in [7, 11) is 0. The Hall–Kier alpha value is -1.86. The highest BCUT2D eigenvalue weighted by Gasteiger charge is 2.45. The minimum Gasteiger partial charge on any atom is -0.368 e. The van der Waals surface area contributed by atoms with Crippen molar-refractivity contribution in [3.05, 3.63) is 71.8 Å². The third kappa shape index (κ3) is 1.96. The molecular formula is C22H22O. The van der Waals surface area contributed by atoms with E-state index in [1.807, 2.05) is 0 Å². The largest absolute Gasteiger partial charge is 0.368 e. The molecule has 5 rings (SSSR count). The van der Waals surface area contributed by atoms with Gasteiger partial charge in [-0.15, -0.1) is 0 Å². The first kappa shape index (κ1) is 13.6. The minimum absolute atomic E-state index is 0.0994. The monoisotopic (exact) mass is 302 g/mol.